The number of aromatic nitrogens is 1. The lowest BCUT2D eigenvalue weighted by Crippen LogP contribution is -2.22. The number of nitrogens with one attached hydrogen (secondary N) is 2. The third-order valence-electron chi connectivity index (χ3n) is 4.78. The standard InChI is InChI=1S/C25H22ClN3O3S2/c1-3-32-19-9-12-21-22(14-19)34-25(28-21)29-23(30)15(2)33-20-10-7-18(8-11-20)27-24(31)16-5-4-6-17(26)13-16/h4-15H,3H2,1-2H3,(H,27,31)(H,28,29,30). The van der Waals surface area contributed by atoms with Crippen LogP contribution < -0.4 is 15.4 Å². The first-order chi connectivity index (χ1) is 16.4. The maximum Gasteiger partial charge on any atom is 0.255 e. The largest absolute Gasteiger partial charge is 0.494 e. The Morgan fingerprint density at radius 2 is 1.88 bits per heavy atom. The molecule has 2 amide bonds. The number of hydrogen-bond donors (Lipinski definition) is 2. The zero-order valence-electron chi connectivity index (χ0n) is 18.5. The summed E-state index contributed by atoms with van der Waals surface area (Å²) in [5.74, 6) is 0.417. The number of halogens is 1. The van der Waals surface area contributed by atoms with Crippen molar-refractivity contribution in [3.05, 3.63) is 77.3 Å². The van der Waals surface area contributed by atoms with Gasteiger partial charge < -0.3 is 15.4 Å². The van der Waals surface area contributed by atoms with E-state index in [4.69, 9.17) is 16.3 Å². The minimum absolute atomic E-state index is 0.132. The Bertz CT molecular complexity index is 1320. The monoisotopic (exact) mass is 511 g/mol. The molecule has 174 valence electrons. The van der Waals surface area contributed by atoms with Crippen LogP contribution in [0.1, 0.15) is 24.2 Å². The number of nitrogens with zero attached hydrogens (tertiary/aromatic N) is 1. The summed E-state index contributed by atoms with van der Waals surface area (Å²) >= 11 is 8.79. The van der Waals surface area contributed by atoms with Gasteiger partial charge in [0.05, 0.1) is 22.1 Å². The lowest BCUT2D eigenvalue weighted by Gasteiger charge is -2.11. The first-order valence-electron chi connectivity index (χ1n) is 10.6. The van der Waals surface area contributed by atoms with Gasteiger partial charge in [0.15, 0.2) is 5.13 Å². The summed E-state index contributed by atoms with van der Waals surface area (Å²) in [6.07, 6.45) is 0. The van der Waals surface area contributed by atoms with Gasteiger partial charge in [-0.25, -0.2) is 4.98 Å². The van der Waals surface area contributed by atoms with Gasteiger partial charge >= 0.3 is 0 Å². The summed E-state index contributed by atoms with van der Waals surface area (Å²) in [5, 5.41) is 6.47. The molecule has 4 aromatic rings. The third-order valence-corrected chi connectivity index (χ3v) is 7.06. The number of thioether (sulfide) groups is 1. The summed E-state index contributed by atoms with van der Waals surface area (Å²) in [6.45, 7) is 4.37. The normalized spacial score (nSPS) is 11.7. The molecule has 1 heterocycles. The fourth-order valence-corrected chi connectivity index (χ4v) is 5.08. The van der Waals surface area contributed by atoms with Crippen LogP contribution in [-0.4, -0.2) is 28.7 Å². The van der Waals surface area contributed by atoms with Crippen molar-refractivity contribution in [2.45, 2.75) is 24.0 Å². The number of hydrogen-bond acceptors (Lipinski definition) is 6. The van der Waals surface area contributed by atoms with E-state index in [0.29, 0.717) is 28.0 Å². The molecule has 0 aliphatic heterocycles. The molecule has 9 heteroatoms. The van der Waals surface area contributed by atoms with Crippen LogP contribution in [0.25, 0.3) is 10.2 Å². The topological polar surface area (TPSA) is 80.3 Å². The molecule has 2 N–H and O–H groups in total. The molecule has 1 unspecified atom stereocenters. The Morgan fingerprint density at radius 1 is 1.09 bits per heavy atom. The van der Waals surface area contributed by atoms with E-state index in [9.17, 15) is 9.59 Å². The highest BCUT2D eigenvalue weighted by Gasteiger charge is 2.17. The Labute approximate surface area is 210 Å². The number of thiazole rings is 1. The minimum atomic E-state index is -0.335. The van der Waals surface area contributed by atoms with Crippen molar-refractivity contribution in [1.29, 1.82) is 0 Å². The molecule has 1 aromatic heterocycles. The summed E-state index contributed by atoms with van der Waals surface area (Å²) in [5.41, 5.74) is 1.96. The smallest absolute Gasteiger partial charge is 0.255 e. The van der Waals surface area contributed by atoms with Gasteiger partial charge in [-0.1, -0.05) is 29.0 Å². The van der Waals surface area contributed by atoms with Gasteiger partial charge in [0.1, 0.15) is 5.75 Å². The maximum atomic E-state index is 12.7. The van der Waals surface area contributed by atoms with Crippen LogP contribution >= 0.6 is 34.7 Å². The highest BCUT2D eigenvalue weighted by atomic mass is 35.5. The molecule has 1 atom stereocenters. The first kappa shape index (κ1) is 24.1. The molecule has 0 saturated heterocycles. The Kier molecular flexibility index (Phi) is 7.72. The molecule has 34 heavy (non-hydrogen) atoms. The van der Waals surface area contributed by atoms with Crippen molar-refractivity contribution in [3.8, 4) is 5.75 Å². The predicted molar refractivity (Wildman–Crippen MR) is 141 cm³/mol. The van der Waals surface area contributed by atoms with Gasteiger partial charge in [-0.2, -0.15) is 0 Å². The summed E-state index contributed by atoms with van der Waals surface area (Å²) in [7, 11) is 0. The number of amides is 2. The third kappa shape index (κ3) is 6.08. The number of rotatable bonds is 8. The molecule has 0 aliphatic carbocycles. The van der Waals surface area contributed by atoms with Crippen LogP contribution in [0.15, 0.2) is 71.6 Å². The van der Waals surface area contributed by atoms with E-state index in [1.165, 1.54) is 23.1 Å². The van der Waals surface area contributed by atoms with Gasteiger partial charge in [0, 0.05) is 21.2 Å². The van der Waals surface area contributed by atoms with Crippen molar-refractivity contribution in [3.63, 3.8) is 0 Å². The molecule has 0 saturated carbocycles. The molecule has 3 aromatic carbocycles. The lowest BCUT2D eigenvalue weighted by molar-refractivity contribution is -0.115. The zero-order valence-corrected chi connectivity index (χ0v) is 20.9. The van der Waals surface area contributed by atoms with Gasteiger partial charge in [-0.05, 0) is 74.5 Å². The zero-order chi connectivity index (χ0) is 24.1. The molecular formula is C25H22ClN3O3S2. The van der Waals surface area contributed by atoms with E-state index in [-0.39, 0.29) is 17.1 Å². The predicted octanol–water partition coefficient (Wildman–Crippen LogP) is 6.72. The summed E-state index contributed by atoms with van der Waals surface area (Å²) in [6, 6.07) is 19.8. The van der Waals surface area contributed by atoms with E-state index < -0.39 is 0 Å². The first-order valence-corrected chi connectivity index (χ1v) is 12.7. The highest BCUT2D eigenvalue weighted by molar-refractivity contribution is 8.00. The van der Waals surface area contributed by atoms with Crippen LogP contribution in [0.3, 0.4) is 0 Å². The van der Waals surface area contributed by atoms with Gasteiger partial charge in [-0.15, -0.1) is 11.8 Å². The minimum Gasteiger partial charge on any atom is -0.494 e. The molecule has 4 rings (SSSR count). The highest BCUT2D eigenvalue weighted by Crippen LogP contribution is 2.31. The van der Waals surface area contributed by atoms with Crippen LogP contribution in [0.4, 0.5) is 10.8 Å². The average Bonchev–Trinajstić information content (AvgIpc) is 3.22. The maximum absolute atomic E-state index is 12.7. The fraction of sp³-hybridized carbons (Fsp3) is 0.160. The van der Waals surface area contributed by atoms with Crippen molar-refractivity contribution in [2.75, 3.05) is 17.2 Å². The van der Waals surface area contributed by atoms with Crippen LogP contribution in [-0.2, 0) is 4.79 Å². The second-order valence-electron chi connectivity index (χ2n) is 7.32. The van der Waals surface area contributed by atoms with Crippen molar-refractivity contribution in [2.24, 2.45) is 0 Å². The molecule has 0 spiro atoms. The number of anilines is 2. The van der Waals surface area contributed by atoms with Gasteiger partial charge in [-0.3, -0.25) is 9.59 Å². The van der Waals surface area contributed by atoms with E-state index in [0.717, 1.165) is 20.9 Å². The summed E-state index contributed by atoms with van der Waals surface area (Å²) in [4.78, 5) is 30.5. The van der Waals surface area contributed by atoms with Crippen molar-refractivity contribution >= 4 is 67.5 Å². The Balaban J connectivity index is 1.34. The van der Waals surface area contributed by atoms with Crippen LogP contribution in [0.2, 0.25) is 5.02 Å². The van der Waals surface area contributed by atoms with Crippen molar-refractivity contribution in [1.82, 2.24) is 4.98 Å². The summed E-state index contributed by atoms with van der Waals surface area (Å²) < 4.78 is 6.48. The quantitative estimate of drug-likeness (QED) is 0.257. The molecule has 0 bridgehead atoms. The number of carbonyl (C=O) groups is 2. The number of fused-ring (bicyclic) bond motifs is 1. The van der Waals surface area contributed by atoms with E-state index >= 15 is 0 Å². The number of benzene rings is 3. The second-order valence-corrected chi connectivity index (χ2v) is 10.2. The SMILES string of the molecule is CCOc1ccc2nc(NC(=O)C(C)Sc3ccc(NC(=O)c4cccc(Cl)c4)cc3)sc2c1. The van der Waals surface area contributed by atoms with Crippen molar-refractivity contribution < 1.29 is 14.3 Å². The number of ether oxygens (including phenoxy) is 1. The lowest BCUT2D eigenvalue weighted by atomic mass is 10.2. The van der Waals surface area contributed by atoms with E-state index in [2.05, 4.69) is 15.6 Å². The Hall–Kier alpha value is -3.07. The molecule has 6 nitrogen and oxygen atoms in total. The molecule has 0 fully saturated rings. The van der Waals surface area contributed by atoms with E-state index in [1.807, 2.05) is 44.2 Å². The Morgan fingerprint density at radius 3 is 2.62 bits per heavy atom. The van der Waals surface area contributed by atoms with Gasteiger partial charge in [0.25, 0.3) is 5.91 Å². The molecule has 0 radical (unpaired) electrons. The molecular weight excluding hydrogens is 490 g/mol. The van der Waals surface area contributed by atoms with Crippen LogP contribution in [0, 0.1) is 0 Å². The number of carbonyl (C=O) groups excluding carboxylic acids is 2. The average molecular weight is 512 g/mol. The second kappa shape index (κ2) is 10.9. The fourth-order valence-electron chi connectivity index (χ4n) is 3.13. The van der Waals surface area contributed by atoms with Crippen LogP contribution in [0.5, 0.6) is 5.75 Å². The van der Waals surface area contributed by atoms with E-state index in [1.54, 1.807) is 36.4 Å². The molecule has 0 aliphatic rings. The van der Waals surface area contributed by atoms with Gasteiger partial charge in [0.2, 0.25) is 5.91 Å².